The first-order valence-electron chi connectivity index (χ1n) is 6.63. The highest BCUT2D eigenvalue weighted by Crippen LogP contribution is 2.22. The topological polar surface area (TPSA) is 59.5 Å². The Labute approximate surface area is 107 Å². The number of rotatable bonds is 3. The molecule has 5 nitrogen and oxygen atoms in total. The maximum absolute atomic E-state index is 5.65. The predicted octanol–water partition coefficient (Wildman–Crippen LogP) is 1.29. The van der Waals surface area contributed by atoms with Gasteiger partial charge < -0.3 is 10.6 Å². The molecule has 0 radical (unpaired) electrons. The van der Waals surface area contributed by atoms with E-state index in [0.717, 1.165) is 37.7 Å². The van der Waals surface area contributed by atoms with E-state index in [-0.39, 0.29) is 0 Å². The van der Waals surface area contributed by atoms with E-state index in [1.807, 2.05) is 28.9 Å². The molecule has 5 heteroatoms. The Morgan fingerprint density at radius 3 is 3.17 bits per heavy atom. The van der Waals surface area contributed by atoms with Crippen LogP contribution in [-0.2, 0) is 0 Å². The van der Waals surface area contributed by atoms with Gasteiger partial charge in [-0.25, -0.2) is 4.52 Å². The second kappa shape index (κ2) is 4.94. The van der Waals surface area contributed by atoms with Gasteiger partial charge in [0, 0.05) is 19.3 Å². The minimum Gasteiger partial charge on any atom is -0.339 e. The summed E-state index contributed by atoms with van der Waals surface area (Å²) in [6.45, 7) is 2.86. The van der Waals surface area contributed by atoms with Crippen LogP contribution in [0.3, 0.4) is 0 Å². The van der Waals surface area contributed by atoms with Crippen LogP contribution in [0.2, 0.25) is 0 Å². The lowest BCUT2D eigenvalue weighted by atomic mass is 9.95. The van der Waals surface area contributed by atoms with Crippen molar-refractivity contribution in [1.82, 2.24) is 14.6 Å². The molecule has 0 amide bonds. The van der Waals surface area contributed by atoms with E-state index in [0.29, 0.717) is 5.92 Å². The molecule has 1 unspecified atom stereocenters. The minimum atomic E-state index is 0.690. The van der Waals surface area contributed by atoms with Crippen LogP contribution in [0.15, 0.2) is 24.4 Å². The van der Waals surface area contributed by atoms with Crippen molar-refractivity contribution in [1.29, 1.82) is 0 Å². The number of hydrogen-bond donors (Lipinski definition) is 1. The molecule has 1 fully saturated rings. The van der Waals surface area contributed by atoms with Gasteiger partial charge in [0.15, 0.2) is 5.65 Å². The molecule has 1 aliphatic heterocycles. The fourth-order valence-electron chi connectivity index (χ4n) is 2.67. The Morgan fingerprint density at radius 2 is 2.33 bits per heavy atom. The van der Waals surface area contributed by atoms with Gasteiger partial charge >= 0.3 is 0 Å². The normalized spacial score (nSPS) is 20.5. The highest BCUT2D eigenvalue weighted by atomic mass is 15.4. The van der Waals surface area contributed by atoms with E-state index in [9.17, 15) is 0 Å². The Morgan fingerprint density at radius 1 is 1.39 bits per heavy atom. The third-order valence-corrected chi connectivity index (χ3v) is 3.61. The lowest BCUT2D eigenvalue weighted by molar-refractivity contribution is 0.392. The zero-order chi connectivity index (χ0) is 12.4. The number of aromatic nitrogens is 3. The van der Waals surface area contributed by atoms with Crippen molar-refractivity contribution in [3.8, 4) is 0 Å². The van der Waals surface area contributed by atoms with Crippen molar-refractivity contribution in [2.45, 2.75) is 19.3 Å². The zero-order valence-electron chi connectivity index (χ0n) is 10.5. The molecule has 2 N–H and O–H groups in total. The monoisotopic (exact) mass is 245 g/mol. The Bertz CT molecular complexity index is 486. The van der Waals surface area contributed by atoms with Crippen molar-refractivity contribution in [2.75, 3.05) is 24.5 Å². The zero-order valence-corrected chi connectivity index (χ0v) is 10.5. The van der Waals surface area contributed by atoms with E-state index in [4.69, 9.17) is 5.73 Å². The Kier molecular flexibility index (Phi) is 3.15. The molecule has 0 aliphatic carbocycles. The molecule has 1 atom stereocenters. The van der Waals surface area contributed by atoms with Crippen molar-refractivity contribution in [3.63, 3.8) is 0 Å². The molecule has 0 bridgehead atoms. The molecule has 18 heavy (non-hydrogen) atoms. The second-order valence-electron chi connectivity index (χ2n) is 4.95. The number of nitrogens with two attached hydrogens (primary N) is 1. The number of anilines is 1. The number of fused-ring (bicyclic) bond motifs is 1. The van der Waals surface area contributed by atoms with Crippen LogP contribution in [0, 0.1) is 5.92 Å². The second-order valence-corrected chi connectivity index (χ2v) is 4.95. The van der Waals surface area contributed by atoms with Crippen molar-refractivity contribution in [3.05, 3.63) is 24.4 Å². The summed E-state index contributed by atoms with van der Waals surface area (Å²) in [7, 11) is 0. The van der Waals surface area contributed by atoms with Crippen LogP contribution < -0.4 is 10.6 Å². The highest BCUT2D eigenvalue weighted by Gasteiger charge is 2.22. The van der Waals surface area contributed by atoms with Gasteiger partial charge in [0.25, 0.3) is 0 Å². The maximum atomic E-state index is 5.65. The summed E-state index contributed by atoms with van der Waals surface area (Å²) in [5.74, 6) is 1.54. The summed E-state index contributed by atoms with van der Waals surface area (Å²) in [5, 5.41) is 4.53. The molecule has 3 heterocycles. The van der Waals surface area contributed by atoms with E-state index >= 15 is 0 Å². The summed E-state index contributed by atoms with van der Waals surface area (Å²) in [6, 6.07) is 5.94. The van der Waals surface area contributed by atoms with Gasteiger partial charge in [-0.3, -0.25) is 0 Å². The fourth-order valence-corrected chi connectivity index (χ4v) is 2.67. The summed E-state index contributed by atoms with van der Waals surface area (Å²) in [4.78, 5) is 6.87. The molecule has 2 aromatic heterocycles. The van der Waals surface area contributed by atoms with E-state index in [1.54, 1.807) is 0 Å². The van der Waals surface area contributed by atoms with E-state index in [2.05, 4.69) is 15.0 Å². The van der Waals surface area contributed by atoms with Crippen molar-refractivity contribution in [2.24, 2.45) is 11.7 Å². The van der Waals surface area contributed by atoms with Crippen LogP contribution in [0.25, 0.3) is 5.65 Å². The molecule has 1 saturated heterocycles. The Balaban J connectivity index is 1.80. The van der Waals surface area contributed by atoms with Crippen LogP contribution in [0.1, 0.15) is 19.3 Å². The molecular formula is C13H19N5. The smallest absolute Gasteiger partial charge is 0.245 e. The standard InChI is InChI=1S/C13H19N5/c14-7-6-11-4-3-8-17(10-11)13-15-12-5-1-2-9-18(12)16-13/h1-2,5,9,11H,3-4,6-8,10,14H2. The fraction of sp³-hybridized carbons (Fsp3) is 0.538. The Hall–Kier alpha value is -1.62. The summed E-state index contributed by atoms with van der Waals surface area (Å²) >= 11 is 0. The van der Waals surface area contributed by atoms with Gasteiger partial charge in [0.1, 0.15) is 0 Å². The summed E-state index contributed by atoms with van der Waals surface area (Å²) in [6.07, 6.45) is 5.53. The van der Waals surface area contributed by atoms with Crippen molar-refractivity contribution >= 4 is 11.6 Å². The van der Waals surface area contributed by atoms with Gasteiger partial charge in [-0.15, -0.1) is 5.10 Å². The quantitative estimate of drug-likeness (QED) is 0.885. The molecule has 0 saturated carbocycles. The number of hydrogen-bond acceptors (Lipinski definition) is 4. The number of nitrogens with zero attached hydrogens (tertiary/aromatic N) is 4. The lowest BCUT2D eigenvalue weighted by Crippen LogP contribution is -2.36. The average molecular weight is 245 g/mol. The first-order valence-corrected chi connectivity index (χ1v) is 6.63. The molecule has 2 aromatic rings. The van der Waals surface area contributed by atoms with Gasteiger partial charge in [-0.05, 0) is 43.9 Å². The summed E-state index contributed by atoms with van der Waals surface area (Å²) < 4.78 is 1.84. The van der Waals surface area contributed by atoms with Gasteiger partial charge in [-0.1, -0.05) is 6.07 Å². The number of piperidine rings is 1. The van der Waals surface area contributed by atoms with Crippen molar-refractivity contribution < 1.29 is 0 Å². The minimum absolute atomic E-state index is 0.690. The third-order valence-electron chi connectivity index (χ3n) is 3.61. The van der Waals surface area contributed by atoms with Crippen LogP contribution >= 0.6 is 0 Å². The molecule has 0 spiro atoms. The molecule has 0 aromatic carbocycles. The van der Waals surface area contributed by atoms with Crippen LogP contribution in [0.5, 0.6) is 0 Å². The molecule has 3 rings (SSSR count). The largest absolute Gasteiger partial charge is 0.339 e. The molecule has 1 aliphatic rings. The van der Waals surface area contributed by atoms with E-state index < -0.39 is 0 Å². The maximum Gasteiger partial charge on any atom is 0.245 e. The van der Waals surface area contributed by atoms with Crippen LogP contribution in [0.4, 0.5) is 5.95 Å². The van der Waals surface area contributed by atoms with Gasteiger partial charge in [-0.2, -0.15) is 4.98 Å². The van der Waals surface area contributed by atoms with Gasteiger partial charge in [0.05, 0.1) is 0 Å². The first kappa shape index (κ1) is 11.5. The SMILES string of the molecule is NCCC1CCCN(c2nc3ccccn3n2)C1. The third kappa shape index (κ3) is 2.18. The molecule has 96 valence electrons. The average Bonchev–Trinajstić information content (AvgIpc) is 2.83. The predicted molar refractivity (Wildman–Crippen MR) is 71.6 cm³/mol. The summed E-state index contributed by atoms with van der Waals surface area (Å²) in [5.41, 5.74) is 6.56. The molecular weight excluding hydrogens is 226 g/mol. The van der Waals surface area contributed by atoms with Gasteiger partial charge in [0.2, 0.25) is 5.95 Å². The lowest BCUT2D eigenvalue weighted by Gasteiger charge is -2.31. The van der Waals surface area contributed by atoms with Crippen LogP contribution in [-0.4, -0.2) is 34.2 Å². The highest BCUT2D eigenvalue weighted by molar-refractivity contribution is 5.44. The first-order chi connectivity index (χ1) is 8.86. The number of pyridine rings is 1. The van der Waals surface area contributed by atoms with E-state index in [1.165, 1.54) is 12.8 Å².